The molecule has 11 heteroatoms. The number of aromatic hydroxyl groups is 2. The Morgan fingerprint density at radius 2 is 1.66 bits per heavy atom. The van der Waals surface area contributed by atoms with E-state index in [2.05, 4.69) is 0 Å². The van der Waals surface area contributed by atoms with Crippen LogP contribution >= 0.6 is 11.6 Å². The maximum Gasteiger partial charge on any atom is 0.418 e. The summed E-state index contributed by atoms with van der Waals surface area (Å²) < 4.78 is 61.2. The van der Waals surface area contributed by atoms with Crippen molar-refractivity contribution in [1.82, 2.24) is 4.57 Å². The summed E-state index contributed by atoms with van der Waals surface area (Å²) in [5.41, 5.74) is -6.64. The van der Waals surface area contributed by atoms with E-state index in [-0.39, 0.29) is 16.8 Å². The maximum absolute atomic E-state index is 14.8. The Morgan fingerprint density at radius 1 is 1.10 bits per heavy atom. The smallest absolute Gasteiger partial charge is 0.418 e. The van der Waals surface area contributed by atoms with E-state index in [9.17, 15) is 38.0 Å². The number of hydrogen-bond donors (Lipinski definition) is 4. The first-order valence-electron chi connectivity index (χ1n) is 8.44. The third-order valence-corrected chi connectivity index (χ3v) is 6.27. The molecule has 0 amide bonds. The van der Waals surface area contributed by atoms with Crippen LogP contribution in [0.15, 0.2) is 12.1 Å². The molecule has 2 aliphatic rings. The molecule has 1 aromatic carbocycles. The van der Waals surface area contributed by atoms with E-state index in [0.717, 1.165) is 32.9 Å². The Morgan fingerprint density at radius 3 is 2.21 bits per heavy atom. The number of aromatic nitrogens is 1. The van der Waals surface area contributed by atoms with Crippen LogP contribution in [0.25, 0.3) is 5.69 Å². The van der Waals surface area contributed by atoms with E-state index < -0.39 is 57.2 Å². The van der Waals surface area contributed by atoms with Gasteiger partial charge in [-0.15, -0.1) is 0 Å². The van der Waals surface area contributed by atoms with Crippen molar-refractivity contribution in [3.63, 3.8) is 0 Å². The highest BCUT2D eigenvalue weighted by Gasteiger charge is 2.77. The number of alkyl halides is 4. The molecule has 29 heavy (non-hydrogen) atoms. The lowest BCUT2D eigenvalue weighted by molar-refractivity contribution is -0.258. The third-order valence-electron chi connectivity index (χ3n) is 5.96. The largest absolute Gasteiger partial charge is 0.494 e. The maximum atomic E-state index is 14.8. The predicted octanol–water partition coefficient (Wildman–Crippen LogP) is 3.36. The Bertz CT molecular complexity index is 1070. The number of aliphatic hydroxyl groups is 2. The molecule has 4 N–H and O–H groups in total. The van der Waals surface area contributed by atoms with Gasteiger partial charge in [0.1, 0.15) is 5.60 Å². The van der Waals surface area contributed by atoms with Crippen molar-refractivity contribution in [3.05, 3.63) is 39.4 Å². The molecule has 0 radical (unpaired) electrons. The van der Waals surface area contributed by atoms with Gasteiger partial charge in [0.25, 0.3) is 0 Å². The molecular weight excluding hydrogens is 422 g/mol. The Kier molecular flexibility index (Phi) is 3.75. The van der Waals surface area contributed by atoms with E-state index in [4.69, 9.17) is 16.3 Å². The zero-order chi connectivity index (χ0) is 21.9. The van der Waals surface area contributed by atoms with Gasteiger partial charge in [0.05, 0.1) is 27.4 Å². The predicted molar refractivity (Wildman–Crippen MR) is 91.7 cm³/mol. The van der Waals surface area contributed by atoms with E-state index in [0.29, 0.717) is 4.57 Å². The van der Waals surface area contributed by atoms with Gasteiger partial charge < -0.3 is 25.2 Å². The lowest BCUT2D eigenvalue weighted by Crippen LogP contribution is -2.55. The van der Waals surface area contributed by atoms with Gasteiger partial charge in [-0.2, -0.15) is 13.2 Å². The molecule has 0 unspecified atom stereocenters. The topological polar surface area (TPSA) is 95.1 Å². The molecule has 3 atom stereocenters. The van der Waals surface area contributed by atoms with Crippen LogP contribution in [0.1, 0.15) is 36.1 Å². The number of halogens is 5. The van der Waals surface area contributed by atoms with Crippen molar-refractivity contribution in [3.8, 4) is 17.4 Å². The van der Waals surface area contributed by atoms with Crippen molar-refractivity contribution < 1.29 is 42.7 Å². The van der Waals surface area contributed by atoms with Gasteiger partial charge in [-0.05, 0) is 38.5 Å². The Balaban J connectivity index is 2.05. The van der Waals surface area contributed by atoms with Crippen LogP contribution in [-0.4, -0.2) is 37.0 Å². The molecule has 1 saturated heterocycles. The number of hydrogen-bond acceptors (Lipinski definition) is 5. The minimum atomic E-state index is -4.81. The molecule has 1 aromatic heterocycles. The number of nitrogens with zero attached hydrogens (tertiary/aromatic N) is 1. The van der Waals surface area contributed by atoms with Crippen molar-refractivity contribution in [2.24, 2.45) is 0 Å². The molecule has 2 bridgehead atoms. The van der Waals surface area contributed by atoms with Crippen molar-refractivity contribution in [2.45, 2.75) is 50.1 Å². The van der Waals surface area contributed by atoms with Crippen LogP contribution in [0.5, 0.6) is 11.8 Å². The molecule has 2 aliphatic heterocycles. The number of benzene rings is 1. The van der Waals surface area contributed by atoms with Gasteiger partial charge >= 0.3 is 6.18 Å². The van der Waals surface area contributed by atoms with Crippen LogP contribution in [0, 0.1) is 6.92 Å². The number of ether oxygens (including phenoxy) is 1. The molecule has 3 heterocycles. The summed E-state index contributed by atoms with van der Waals surface area (Å²) in [6.45, 7) is 3.36. The van der Waals surface area contributed by atoms with Gasteiger partial charge in [-0.3, -0.25) is 4.57 Å². The van der Waals surface area contributed by atoms with Crippen molar-refractivity contribution >= 4 is 11.6 Å². The van der Waals surface area contributed by atoms with E-state index in [1.54, 1.807) is 0 Å². The van der Waals surface area contributed by atoms with Crippen LogP contribution in [0.4, 0.5) is 17.6 Å². The molecule has 0 spiro atoms. The van der Waals surface area contributed by atoms with E-state index in [1.807, 2.05) is 0 Å². The highest BCUT2D eigenvalue weighted by molar-refractivity contribution is 6.31. The SMILES string of the molecule is Cc1c(-n2c(O)c3c(c2O)[C@@]2(C)O[C@]3(C)[C@H](F)C2(O)O)ccc(Cl)c1C(F)(F)F. The van der Waals surface area contributed by atoms with Crippen molar-refractivity contribution in [2.75, 3.05) is 0 Å². The lowest BCUT2D eigenvalue weighted by atomic mass is 9.74. The van der Waals surface area contributed by atoms with Crippen LogP contribution in [0.3, 0.4) is 0 Å². The summed E-state index contributed by atoms with van der Waals surface area (Å²) in [5, 5.41) is 41.4. The lowest BCUT2D eigenvalue weighted by Gasteiger charge is -2.35. The molecule has 6 nitrogen and oxygen atoms in total. The average molecular weight is 438 g/mol. The Labute approximate surface area is 166 Å². The second-order valence-electron chi connectivity index (χ2n) is 7.63. The summed E-state index contributed by atoms with van der Waals surface area (Å²) in [5.74, 6) is -4.63. The molecular formula is C18H16ClF4NO5. The van der Waals surface area contributed by atoms with Gasteiger partial charge in [-0.25, -0.2) is 4.39 Å². The second kappa shape index (κ2) is 5.37. The standard InChI is InChI=1S/C18H16ClF4NO5/c1-6-8(5-4-7(19)9(6)18(21,22)23)24-12(25)10-11(13(24)26)16(3)17(27,28)14(20)15(10,2)29-16/h4-5,14,25-28H,1-3H3/t14-,15-,16+/m0/s1. The molecule has 0 saturated carbocycles. The number of rotatable bonds is 1. The molecule has 4 rings (SSSR count). The molecule has 0 aliphatic carbocycles. The highest BCUT2D eigenvalue weighted by atomic mass is 35.5. The van der Waals surface area contributed by atoms with E-state index in [1.165, 1.54) is 0 Å². The van der Waals surface area contributed by atoms with Gasteiger partial charge in [0.15, 0.2) is 11.8 Å². The van der Waals surface area contributed by atoms with Crippen molar-refractivity contribution in [1.29, 1.82) is 0 Å². The summed E-state index contributed by atoms with van der Waals surface area (Å²) in [6.07, 6.45) is -7.21. The quantitative estimate of drug-likeness (QED) is 0.405. The summed E-state index contributed by atoms with van der Waals surface area (Å²) >= 11 is 5.70. The first-order valence-corrected chi connectivity index (χ1v) is 8.81. The van der Waals surface area contributed by atoms with Gasteiger partial charge in [0, 0.05) is 0 Å². The minimum Gasteiger partial charge on any atom is -0.494 e. The Hall–Kier alpha value is -2.01. The van der Waals surface area contributed by atoms with Crippen LogP contribution < -0.4 is 0 Å². The molecule has 2 aromatic rings. The van der Waals surface area contributed by atoms with Crippen LogP contribution in [-0.2, 0) is 22.1 Å². The fraction of sp³-hybridized carbons (Fsp3) is 0.444. The average Bonchev–Trinajstić information content (AvgIpc) is 3.04. The summed E-state index contributed by atoms with van der Waals surface area (Å²) in [7, 11) is 0. The van der Waals surface area contributed by atoms with E-state index >= 15 is 0 Å². The second-order valence-corrected chi connectivity index (χ2v) is 8.04. The third kappa shape index (κ3) is 2.12. The fourth-order valence-electron chi connectivity index (χ4n) is 4.55. The first-order chi connectivity index (χ1) is 13.1. The fourth-order valence-corrected chi connectivity index (χ4v) is 4.86. The highest BCUT2D eigenvalue weighted by Crippen LogP contribution is 2.67. The van der Waals surface area contributed by atoms with Gasteiger partial charge in [-0.1, -0.05) is 11.6 Å². The zero-order valence-corrected chi connectivity index (χ0v) is 16.0. The van der Waals surface area contributed by atoms with Crippen LogP contribution in [0.2, 0.25) is 5.02 Å². The number of fused-ring (bicyclic) bond motifs is 5. The molecule has 1 fully saturated rings. The monoisotopic (exact) mass is 437 g/mol. The normalized spacial score (nSPS) is 30.1. The molecule has 158 valence electrons. The van der Waals surface area contributed by atoms with Gasteiger partial charge in [0.2, 0.25) is 17.5 Å². The minimum absolute atomic E-state index is 0.269. The summed E-state index contributed by atoms with van der Waals surface area (Å²) in [6, 6.07) is 2.10. The summed E-state index contributed by atoms with van der Waals surface area (Å²) in [4.78, 5) is 0. The zero-order valence-electron chi connectivity index (χ0n) is 15.3. The first kappa shape index (κ1) is 20.3.